The van der Waals surface area contributed by atoms with E-state index >= 15 is 0 Å². The molecule has 0 aliphatic heterocycles. The predicted molar refractivity (Wildman–Crippen MR) is 125 cm³/mol. The minimum atomic E-state index is -2.19. The maximum absolute atomic E-state index is 13.3. The molecule has 0 unspecified atom stereocenters. The van der Waals surface area contributed by atoms with Crippen LogP contribution in [0.15, 0.2) is 58.3 Å². The molecule has 0 spiro atoms. The number of carbonyl (C=O) groups is 3. The Morgan fingerprint density at radius 2 is 1.42 bits per heavy atom. The topological polar surface area (TPSA) is 78.9 Å². The van der Waals surface area contributed by atoms with E-state index in [0.717, 1.165) is 33.8 Å². The Morgan fingerprint density at radius 1 is 0.848 bits per heavy atom. The highest BCUT2D eigenvalue weighted by Crippen LogP contribution is 2.48. The SMILES string of the molecule is CCOC(=O)C(C(=O)OCC)(C(=O)OCC)[C@H]1CCCc2cc(Sc3ccccc3)ccc21. The average molecular weight is 471 g/mol. The maximum atomic E-state index is 13.3. The molecular formula is C26H30O6S. The van der Waals surface area contributed by atoms with Crippen LogP contribution in [0.2, 0.25) is 0 Å². The first-order valence-corrected chi connectivity index (χ1v) is 12.2. The highest BCUT2D eigenvalue weighted by atomic mass is 32.2. The maximum Gasteiger partial charge on any atom is 0.335 e. The smallest absolute Gasteiger partial charge is 0.335 e. The van der Waals surface area contributed by atoms with Gasteiger partial charge in [0.1, 0.15) is 0 Å². The molecule has 0 fully saturated rings. The number of aryl methyl sites for hydroxylation is 1. The molecule has 0 radical (unpaired) electrons. The quantitative estimate of drug-likeness (QED) is 0.292. The molecule has 0 aromatic heterocycles. The summed E-state index contributed by atoms with van der Waals surface area (Å²) in [6.07, 6.45) is 1.98. The van der Waals surface area contributed by atoms with Gasteiger partial charge in [0.2, 0.25) is 0 Å². The molecule has 3 rings (SSSR count). The predicted octanol–water partition coefficient (Wildman–Crippen LogP) is 4.93. The number of hydrogen-bond acceptors (Lipinski definition) is 7. The number of carbonyl (C=O) groups excluding carboxylic acids is 3. The van der Waals surface area contributed by atoms with Crippen LogP contribution in [-0.4, -0.2) is 37.7 Å². The second-order valence-corrected chi connectivity index (χ2v) is 8.84. The molecule has 0 N–H and O–H groups in total. The standard InChI is InChI=1S/C26H30O6S/c1-4-30-23(27)26(24(28)31-5-2,25(29)32-6-3)22-14-10-11-18-17-20(15-16-21(18)22)33-19-12-8-7-9-13-19/h7-9,12-13,15-17,22H,4-6,10-11,14H2,1-3H3/t22-/m0/s1. The Morgan fingerprint density at radius 3 is 1.97 bits per heavy atom. The van der Waals surface area contributed by atoms with Gasteiger partial charge in [-0.15, -0.1) is 0 Å². The minimum Gasteiger partial charge on any atom is -0.465 e. The van der Waals surface area contributed by atoms with Crippen molar-refractivity contribution in [1.82, 2.24) is 0 Å². The van der Waals surface area contributed by atoms with Gasteiger partial charge in [0.05, 0.1) is 19.8 Å². The van der Waals surface area contributed by atoms with Gasteiger partial charge in [-0.25, -0.2) is 0 Å². The largest absolute Gasteiger partial charge is 0.465 e. The summed E-state index contributed by atoms with van der Waals surface area (Å²) in [6, 6.07) is 16.0. The summed E-state index contributed by atoms with van der Waals surface area (Å²) in [5.74, 6) is -3.47. The number of fused-ring (bicyclic) bond motifs is 1. The van der Waals surface area contributed by atoms with E-state index in [1.54, 1.807) is 32.5 Å². The molecule has 0 heterocycles. The van der Waals surface area contributed by atoms with Crippen LogP contribution >= 0.6 is 11.8 Å². The van der Waals surface area contributed by atoms with E-state index in [9.17, 15) is 14.4 Å². The molecule has 33 heavy (non-hydrogen) atoms. The van der Waals surface area contributed by atoms with Crippen molar-refractivity contribution in [2.45, 2.75) is 55.7 Å². The van der Waals surface area contributed by atoms with E-state index in [0.29, 0.717) is 6.42 Å². The average Bonchev–Trinajstić information content (AvgIpc) is 2.81. The van der Waals surface area contributed by atoms with Crippen molar-refractivity contribution in [2.75, 3.05) is 19.8 Å². The normalized spacial score (nSPS) is 15.3. The Hall–Kier alpha value is -2.80. The van der Waals surface area contributed by atoms with Crippen LogP contribution < -0.4 is 0 Å². The number of hydrogen-bond donors (Lipinski definition) is 0. The number of esters is 3. The highest BCUT2D eigenvalue weighted by Gasteiger charge is 2.63. The van der Waals surface area contributed by atoms with Crippen LogP contribution in [0.1, 0.15) is 50.7 Å². The summed E-state index contributed by atoms with van der Waals surface area (Å²) < 4.78 is 15.8. The molecule has 6 nitrogen and oxygen atoms in total. The van der Waals surface area contributed by atoms with Gasteiger partial charge in [-0.2, -0.15) is 0 Å². The Kier molecular flexibility index (Phi) is 8.55. The van der Waals surface area contributed by atoms with Crippen molar-refractivity contribution in [2.24, 2.45) is 5.41 Å². The second kappa shape index (κ2) is 11.4. The van der Waals surface area contributed by atoms with Crippen LogP contribution in [-0.2, 0) is 35.0 Å². The molecule has 0 saturated heterocycles. The second-order valence-electron chi connectivity index (χ2n) is 7.69. The van der Waals surface area contributed by atoms with Crippen molar-refractivity contribution < 1.29 is 28.6 Å². The molecular weight excluding hydrogens is 440 g/mol. The molecule has 1 aliphatic rings. The van der Waals surface area contributed by atoms with Crippen molar-refractivity contribution in [3.8, 4) is 0 Å². The first-order valence-electron chi connectivity index (χ1n) is 11.4. The van der Waals surface area contributed by atoms with E-state index in [2.05, 4.69) is 6.07 Å². The van der Waals surface area contributed by atoms with Crippen LogP contribution in [0.25, 0.3) is 0 Å². The fourth-order valence-corrected chi connectivity index (χ4v) is 5.24. The summed E-state index contributed by atoms with van der Waals surface area (Å²) >= 11 is 1.64. The summed E-state index contributed by atoms with van der Waals surface area (Å²) in [5, 5.41) is 0. The molecule has 0 saturated carbocycles. The zero-order valence-corrected chi connectivity index (χ0v) is 20.1. The fraction of sp³-hybridized carbons (Fsp3) is 0.423. The molecule has 0 amide bonds. The lowest BCUT2D eigenvalue weighted by atomic mass is 9.66. The third-order valence-corrected chi connectivity index (χ3v) is 6.72. The van der Waals surface area contributed by atoms with E-state index in [4.69, 9.17) is 14.2 Å². The van der Waals surface area contributed by atoms with Gasteiger partial charge in [-0.3, -0.25) is 14.4 Å². The molecule has 176 valence electrons. The van der Waals surface area contributed by atoms with Crippen molar-refractivity contribution >= 4 is 29.7 Å². The van der Waals surface area contributed by atoms with Crippen molar-refractivity contribution in [3.05, 3.63) is 59.7 Å². The number of ether oxygens (including phenoxy) is 3. The lowest BCUT2D eigenvalue weighted by Gasteiger charge is -2.37. The van der Waals surface area contributed by atoms with Gasteiger partial charge < -0.3 is 14.2 Å². The fourth-order valence-electron chi connectivity index (χ4n) is 4.34. The van der Waals surface area contributed by atoms with Crippen molar-refractivity contribution in [3.63, 3.8) is 0 Å². The van der Waals surface area contributed by atoms with Gasteiger partial charge in [0.15, 0.2) is 0 Å². The monoisotopic (exact) mass is 470 g/mol. The first kappa shape index (κ1) is 24.8. The third-order valence-electron chi connectivity index (χ3n) is 5.72. The van der Waals surface area contributed by atoms with E-state index in [1.807, 2.05) is 42.5 Å². The van der Waals surface area contributed by atoms with E-state index < -0.39 is 29.2 Å². The van der Waals surface area contributed by atoms with Gasteiger partial charge in [-0.1, -0.05) is 36.0 Å². The Balaban J connectivity index is 2.08. The minimum absolute atomic E-state index is 0.0334. The van der Waals surface area contributed by atoms with E-state index in [1.165, 1.54) is 0 Å². The third kappa shape index (κ3) is 5.08. The highest BCUT2D eigenvalue weighted by molar-refractivity contribution is 7.99. The van der Waals surface area contributed by atoms with Gasteiger partial charge >= 0.3 is 17.9 Å². The molecule has 2 aromatic carbocycles. The Labute approximate surface area is 199 Å². The molecule has 0 bridgehead atoms. The molecule has 2 aromatic rings. The zero-order chi connectivity index (χ0) is 23.8. The molecule has 7 heteroatoms. The summed E-state index contributed by atoms with van der Waals surface area (Å²) in [6.45, 7) is 5.02. The summed E-state index contributed by atoms with van der Waals surface area (Å²) in [4.78, 5) is 42.0. The van der Waals surface area contributed by atoms with Crippen molar-refractivity contribution in [1.29, 1.82) is 0 Å². The Bertz CT molecular complexity index is 942. The van der Waals surface area contributed by atoms with Gasteiger partial charge in [0, 0.05) is 15.7 Å². The first-order chi connectivity index (χ1) is 16.0. The van der Waals surface area contributed by atoms with Crippen LogP contribution in [0, 0.1) is 5.41 Å². The lowest BCUT2D eigenvalue weighted by molar-refractivity contribution is -0.186. The summed E-state index contributed by atoms with van der Waals surface area (Å²) in [5.41, 5.74) is -0.395. The number of benzene rings is 2. The van der Waals surface area contributed by atoms with Crippen LogP contribution in [0.4, 0.5) is 0 Å². The number of rotatable bonds is 9. The van der Waals surface area contributed by atoms with Gasteiger partial charge in [-0.05, 0) is 75.4 Å². The zero-order valence-electron chi connectivity index (χ0n) is 19.3. The van der Waals surface area contributed by atoms with Crippen LogP contribution in [0.5, 0.6) is 0 Å². The summed E-state index contributed by atoms with van der Waals surface area (Å²) in [7, 11) is 0. The van der Waals surface area contributed by atoms with Gasteiger partial charge in [0.25, 0.3) is 5.41 Å². The van der Waals surface area contributed by atoms with Crippen LogP contribution in [0.3, 0.4) is 0 Å². The lowest BCUT2D eigenvalue weighted by Crippen LogP contribution is -2.54. The molecule has 1 atom stereocenters. The molecule has 1 aliphatic carbocycles. The van der Waals surface area contributed by atoms with E-state index in [-0.39, 0.29) is 19.8 Å².